The predicted molar refractivity (Wildman–Crippen MR) is 84.9 cm³/mol. The number of nitrogens with zero attached hydrogens (tertiary/aromatic N) is 1. The van der Waals surface area contributed by atoms with E-state index in [4.69, 9.17) is 0 Å². The first kappa shape index (κ1) is 17.2. The smallest absolute Gasteiger partial charge is 0.191 e. The number of benzene rings is 1. The van der Waals surface area contributed by atoms with Gasteiger partial charge in [0.2, 0.25) is 0 Å². The largest absolute Gasteiger partial charge is 0.356 e. The summed E-state index contributed by atoms with van der Waals surface area (Å²) in [5, 5.41) is 6.26. The summed E-state index contributed by atoms with van der Waals surface area (Å²) < 4.78 is 13.4. The summed E-state index contributed by atoms with van der Waals surface area (Å²) in [4.78, 5) is 4.08. The van der Waals surface area contributed by atoms with Crippen molar-refractivity contribution in [1.29, 1.82) is 0 Å². The molecule has 0 aromatic heterocycles. The maximum atomic E-state index is 13.4. The number of unbranched alkanes of at least 4 members (excludes halogenated alkanes) is 1. The Morgan fingerprint density at radius 3 is 2.61 bits per heavy atom. The van der Waals surface area contributed by atoms with Crippen molar-refractivity contribution in [1.82, 2.24) is 10.6 Å². The van der Waals surface area contributed by atoms with Gasteiger partial charge in [-0.3, -0.25) is 4.99 Å². The second kappa shape index (κ2) is 10.1. The molecule has 0 heterocycles. The summed E-state index contributed by atoms with van der Waals surface area (Å²) in [6.07, 6.45) is 2.23. The van der Waals surface area contributed by atoms with E-state index in [1.165, 1.54) is 6.07 Å². The number of halogens is 2. The fourth-order valence-corrected chi connectivity index (χ4v) is 1.42. The quantitative estimate of drug-likeness (QED) is 0.364. The van der Waals surface area contributed by atoms with E-state index in [1.807, 2.05) is 6.07 Å². The second-order valence-electron chi connectivity index (χ2n) is 3.80. The lowest BCUT2D eigenvalue weighted by molar-refractivity contribution is 0.604. The second-order valence-corrected chi connectivity index (χ2v) is 3.80. The predicted octanol–water partition coefficient (Wildman–Crippen LogP) is 2.91. The summed E-state index contributed by atoms with van der Waals surface area (Å²) in [5.74, 6) is 0.519. The molecule has 0 aliphatic heterocycles. The molecule has 1 aromatic carbocycles. The molecule has 0 unspecified atom stereocenters. The van der Waals surface area contributed by atoms with Crippen LogP contribution in [0.5, 0.6) is 0 Å². The highest BCUT2D eigenvalue weighted by molar-refractivity contribution is 14.0. The molecule has 18 heavy (non-hydrogen) atoms. The number of hydrogen-bond acceptors (Lipinski definition) is 1. The minimum absolute atomic E-state index is 0. The van der Waals surface area contributed by atoms with Gasteiger partial charge in [-0.05, 0) is 12.5 Å². The van der Waals surface area contributed by atoms with Gasteiger partial charge in [-0.2, -0.15) is 0 Å². The maximum absolute atomic E-state index is 13.4. The van der Waals surface area contributed by atoms with E-state index < -0.39 is 0 Å². The van der Waals surface area contributed by atoms with E-state index in [0.717, 1.165) is 19.4 Å². The number of aliphatic imine (C=N–C) groups is 1. The van der Waals surface area contributed by atoms with Crippen LogP contribution in [0.3, 0.4) is 0 Å². The van der Waals surface area contributed by atoms with E-state index in [1.54, 1.807) is 19.2 Å². The van der Waals surface area contributed by atoms with Gasteiger partial charge in [0.1, 0.15) is 5.82 Å². The van der Waals surface area contributed by atoms with Gasteiger partial charge in [0, 0.05) is 25.7 Å². The van der Waals surface area contributed by atoms with Crippen molar-refractivity contribution in [2.45, 2.75) is 26.3 Å². The lowest BCUT2D eigenvalue weighted by atomic mass is 10.2. The van der Waals surface area contributed by atoms with Gasteiger partial charge in [-0.15, -0.1) is 24.0 Å². The Morgan fingerprint density at radius 2 is 2.00 bits per heavy atom. The van der Waals surface area contributed by atoms with Crippen molar-refractivity contribution in [3.05, 3.63) is 35.6 Å². The maximum Gasteiger partial charge on any atom is 0.191 e. The summed E-state index contributed by atoms with van der Waals surface area (Å²) >= 11 is 0. The lowest BCUT2D eigenvalue weighted by Gasteiger charge is -2.11. The molecule has 0 radical (unpaired) electrons. The molecule has 0 bridgehead atoms. The van der Waals surface area contributed by atoms with Crippen LogP contribution in [0.4, 0.5) is 4.39 Å². The molecule has 0 aliphatic carbocycles. The monoisotopic (exact) mass is 365 g/mol. The third-order valence-electron chi connectivity index (χ3n) is 2.45. The van der Waals surface area contributed by atoms with Crippen molar-refractivity contribution < 1.29 is 4.39 Å². The average Bonchev–Trinajstić information content (AvgIpc) is 2.35. The lowest BCUT2D eigenvalue weighted by Crippen LogP contribution is -2.37. The fraction of sp³-hybridized carbons (Fsp3) is 0.462. The van der Waals surface area contributed by atoms with Crippen molar-refractivity contribution in [2.75, 3.05) is 13.6 Å². The van der Waals surface area contributed by atoms with Gasteiger partial charge >= 0.3 is 0 Å². The highest BCUT2D eigenvalue weighted by atomic mass is 127. The molecule has 0 spiro atoms. The molecule has 0 saturated carbocycles. The van der Waals surface area contributed by atoms with Crippen LogP contribution in [-0.2, 0) is 6.54 Å². The molecule has 1 aromatic rings. The van der Waals surface area contributed by atoms with Gasteiger partial charge in [-0.25, -0.2) is 4.39 Å². The van der Waals surface area contributed by atoms with E-state index in [2.05, 4.69) is 22.5 Å². The molecular weight excluding hydrogens is 344 g/mol. The molecule has 5 heteroatoms. The first-order chi connectivity index (χ1) is 8.27. The minimum Gasteiger partial charge on any atom is -0.356 e. The molecule has 3 nitrogen and oxygen atoms in total. The van der Waals surface area contributed by atoms with Crippen molar-refractivity contribution in [3.63, 3.8) is 0 Å². The Bertz CT molecular complexity index is 369. The Balaban J connectivity index is 0.00000289. The normalized spacial score (nSPS) is 10.7. The van der Waals surface area contributed by atoms with Crippen LogP contribution in [-0.4, -0.2) is 19.6 Å². The van der Waals surface area contributed by atoms with Gasteiger partial charge in [0.05, 0.1) is 0 Å². The van der Waals surface area contributed by atoms with Crippen LogP contribution in [0, 0.1) is 5.82 Å². The summed E-state index contributed by atoms with van der Waals surface area (Å²) in [7, 11) is 1.71. The van der Waals surface area contributed by atoms with Crippen molar-refractivity contribution >= 4 is 29.9 Å². The van der Waals surface area contributed by atoms with Crippen LogP contribution in [0.2, 0.25) is 0 Å². The van der Waals surface area contributed by atoms with Crippen LogP contribution in [0.25, 0.3) is 0 Å². The Kier molecular flexibility index (Phi) is 9.63. The SMILES string of the molecule is CCCCNC(=NC)NCc1ccccc1F.I. The zero-order valence-corrected chi connectivity index (χ0v) is 13.2. The standard InChI is InChI=1S/C13H20FN3.HI/c1-3-4-9-16-13(15-2)17-10-11-7-5-6-8-12(11)14;/h5-8H,3-4,9-10H2,1-2H3,(H2,15,16,17);1H. The molecule has 0 aliphatic rings. The molecule has 0 amide bonds. The van der Waals surface area contributed by atoms with Crippen LogP contribution in [0.1, 0.15) is 25.3 Å². The first-order valence-corrected chi connectivity index (χ1v) is 5.95. The Labute approximate surface area is 125 Å². The van der Waals surface area contributed by atoms with E-state index >= 15 is 0 Å². The topological polar surface area (TPSA) is 36.4 Å². The van der Waals surface area contributed by atoms with Crippen LogP contribution >= 0.6 is 24.0 Å². The van der Waals surface area contributed by atoms with Crippen molar-refractivity contribution in [2.24, 2.45) is 4.99 Å². The number of nitrogens with one attached hydrogen (secondary N) is 2. The van der Waals surface area contributed by atoms with Gasteiger partial charge in [0.25, 0.3) is 0 Å². The van der Waals surface area contributed by atoms with E-state index in [-0.39, 0.29) is 29.8 Å². The van der Waals surface area contributed by atoms with Gasteiger partial charge in [-0.1, -0.05) is 31.5 Å². The third-order valence-corrected chi connectivity index (χ3v) is 2.45. The zero-order chi connectivity index (χ0) is 12.5. The molecule has 0 saturated heterocycles. The molecule has 0 fully saturated rings. The van der Waals surface area contributed by atoms with Crippen LogP contribution in [0.15, 0.2) is 29.3 Å². The molecular formula is C13H21FIN3. The molecule has 102 valence electrons. The fourth-order valence-electron chi connectivity index (χ4n) is 1.42. The summed E-state index contributed by atoms with van der Waals surface area (Å²) in [5.41, 5.74) is 0.644. The van der Waals surface area contributed by atoms with Crippen LogP contribution < -0.4 is 10.6 Å². The summed E-state index contributed by atoms with van der Waals surface area (Å²) in [6, 6.07) is 6.74. The number of guanidine groups is 1. The molecule has 1 rings (SSSR count). The van der Waals surface area contributed by atoms with E-state index in [9.17, 15) is 4.39 Å². The summed E-state index contributed by atoms with van der Waals surface area (Å²) in [6.45, 7) is 3.46. The molecule has 0 atom stereocenters. The minimum atomic E-state index is -0.191. The zero-order valence-electron chi connectivity index (χ0n) is 10.9. The Morgan fingerprint density at radius 1 is 1.28 bits per heavy atom. The van der Waals surface area contributed by atoms with Gasteiger partial charge in [0.15, 0.2) is 5.96 Å². The van der Waals surface area contributed by atoms with Gasteiger partial charge < -0.3 is 10.6 Å². The number of hydrogen-bond donors (Lipinski definition) is 2. The molecule has 2 N–H and O–H groups in total. The average molecular weight is 365 g/mol. The van der Waals surface area contributed by atoms with Crippen molar-refractivity contribution in [3.8, 4) is 0 Å². The highest BCUT2D eigenvalue weighted by Gasteiger charge is 2.01. The Hall–Kier alpha value is -0.850. The highest BCUT2D eigenvalue weighted by Crippen LogP contribution is 2.05. The third kappa shape index (κ3) is 6.18. The number of rotatable bonds is 5. The first-order valence-electron chi connectivity index (χ1n) is 5.95. The van der Waals surface area contributed by atoms with E-state index in [0.29, 0.717) is 18.1 Å².